The predicted molar refractivity (Wildman–Crippen MR) is 62.6 cm³/mol. The lowest BCUT2D eigenvalue weighted by Crippen LogP contribution is -2.31. The Bertz CT molecular complexity index is 164. The van der Waals surface area contributed by atoms with E-state index < -0.39 is 0 Å². The highest BCUT2D eigenvalue weighted by atomic mass is 16.5. The molecule has 0 bridgehead atoms. The summed E-state index contributed by atoms with van der Waals surface area (Å²) in [6, 6.07) is 0. The zero-order valence-electron chi connectivity index (χ0n) is 10.2. The van der Waals surface area contributed by atoms with Crippen molar-refractivity contribution in [1.82, 2.24) is 5.32 Å². The molecule has 0 aliphatic carbocycles. The summed E-state index contributed by atoms with van der Waals surface area (Å²) in [5.74, 6) is 0. The van der Waals surface area contributed by atoms with Crippen LogP contribution < -0.4 is 5.32 Å². The highest BCUT2D eigenvalue weighted by Crippen LogP contribution is 2.18. The van der Waals surface area contributed by atoms with Crippen LogP contribution in [0.15, 0.2) is 12.2 Å². The van der Waals surface area contributed by atoms with Crippen molar-refractivity contribution < 1.29 is 4.74 Å². The second-order valence-corrected chi connectivity index (χ2v) is 4.79. The van der Waals surface area contributed by atoms with Crippen LogP contribution in [0.1, 0.15) is 33.6 Å². The first-order valence-electron chi connectivity index (χ1n) is 5.32. The van der Waals surface area contributed by atoms with E-state index >= 15 is 0 Å². The molecule has 2 heteroatoms. The monoisotopic (exact) mass is 199 g/mol. The van der Waals surface area contributed by atoms with Crippen LogP contribution in [0.4, 0.5) is 0 Å². The summed E-state index contributed by atoms with van der Waals surface area (Å²) in [7, 11) is 1.75. The van der Waals surface area contributed by atoms with Crippen molar-refractivity contribution in [2.45, 2.75) is 33.6 Å². The normalized spacial score (nSPS) is 11.7. The maximum atomic E-state index is 5.08. The van der Waals surface area contributed by atoms with Gasteiger partial charge in [0.15, 0.2) is 0 Å². The van der Waals surface area contributed by atoms with Gasteiger partial charge in [0, 0.05) is 20.3 Å². The van der Waals surface area contributed by atoms with Gasteiger partial charge in [-0.3, -0.25) is 0 Å². The Hall–Kier alpha value is -0.340. The Morgan fingerprint density at radius 1 is 1.43 bits per heavy atom. The lowest BCUT2D eigenvalue weighted by molar-refractivity contribution is 0.151. The Morgan fingerprint density at radius 3 is 2.57 bits per heavy atom. The molecule has 0 saturated heterocycles. The fourth-order valence-corrected chi connectivity index (χ4v) is 1.20. The molecule has 0 fully saturated rings. The van der Waals surface area contributed by atoms with Crippen LogP contribution in [0.2, 0.25) is 0 Å². The number of hydrogen-bond donors (Lipinski definition) is 1. The summed E-state index contributed by atoms with van der Waals surface area (Å²) < 4.78 is 5.08. The molecule has 0 aliphatic heterocycles. The van der Waals surface area contributed by atoms with Gasteiger partial charge in [-0.15, -0.1) is 6.58 Å². The van der Waals surface area contributed by atoms with Crippen molar-refractivity contribution in [2.24, 2.45) is 5.41 Å². The first kappa shape index (κ1) is 13.7. The number of ether oxygens (including phenoxy) is 1. The molecule has 14 heavy (non-hydrogen) atoms. The maximum absolute atomic E-state index is 5.08. The molecule has 2 nitrogen and oxygen atoms in total. The van der Waals surface area contributed by atoms with Gasteiger partial charge in [-0.25, -0.2) is 0 Å². The largest absolute Gasteiger partial charge is 0.385 e. The highest BCUT2D eigenvalue weighted by Gasteiger charge is 2.16. The van der Waals surface area contributed by atoms with Gasteiger partial charge in [-0.05, 0) is 31.7 Å². The van der Waals surface area contributed by atoms with E-state index in [0.717, 1.165) is 32.5 Å². The molecule has 0 heterocycles. The third-order valence-electron chi connectivity index (χ3n) is 2.32. The van der Waals surface area contributed by atoms with Crippen molar-refractivity contribution in [3.8, 4) is 0 Å². The quantitative estimate of drug-likeness (QED) is 0.479. The molecule has 0 aromatic rings. The van der Waals surface area contributed by atoms with E-state index in [4.69, 9.17) is 4.74 Å². The molecule has 0 radical (unpaired) electrons. The number of rotatable bonds is 8. The van der Waals surface area contributed by atoms with E-state index in [1.807, 2.05) is 0 Å². The zero-order valence-corrected chi connectivity index (χ0v) is 10.2. The highest BCUT2D eigenvalue weighted by molar-refractivity contribution is 4.88. The molecule has 1 N–H and O–H groups in total. The summed E-state index contributed by atoms with van der Waals surface area (Å²) in [4.78, 5) is 0. The van der Waals surface area contributed by atoms with Gasteiger partial charge in [-0.2, -0.15) is 0 Å². The van der Waals surface area contributed by atoms with Crippen LogP contribution in [0, 0.1) is 5.41 Å². The fraction of sp³-hybridized carbons (Fsp3) is 0.833. The molecule has 0 aromatic heterocycles. The summed E-state index contributed by atoms with van der Waals surface area (Å²) in [6.07, 6.45) is 2.17. The molecule has 84 valence electrons. The van der Waals surface area contributed by atoms with Crippen LogP contribution in [0.3, 0.4) is 0 Å². The van der Waals surface area contributed by atoms with Gasteiger partial charge in [0.1, 0.15) is 0 Å². The third kappa shape index (κ3) is 8.27. The van der Waals surface area contributed by atoms with E-state index in [0.29, 0.717) is 5.41 Å². The number of methoxy groups -OCH3 is 1. The van der Waals surface area contributed by atoms with Gasteiger partial charge in [0.05, 0.1) is 0 Å². The van der Waals surface area contributed by atoms with E-state index in [1.165, 1.54) is 5.57 Å². The van der Waals surface area contributed by atoms with Crippen molar-refractivity contribution >= 4 is 0 Å². The summed E-state index contributed by atoms with van der Waals surface area (Å²) in [5, 5.41) is 3.45. The Kier molecular flexibility index (Phi) is 6.85. The summed E-state index contributed by atoms with van der Waals surface area (Å²) in [6.45, 7) is 13.4. The molecule has 0 spiro atoms. The van der Waals surface area contributed by atoms with Gasteiger partial charge in [0.2, 0.25) is 0 Å². The lowest BCUT2D eigenvalue weighted by atomic mass is 9.90. The van der Waals surface area contributed by atoms with Crippen LogP contribution in [0.5, 0.6) is 0 Å². The number of nitrogens with one attached hydrogen (secondary N) is 1. The molecule has 0 rings (SSSR count). The van der Waals surface area contributed by atoms with Crippen LogP contribution >= 0.6 is 0 Å². The summed E-state index contributed by atoms with van der Waals surface area (Å²) >= 11 is 0. The van der Waals surface area contributed by atoms with Crippen molar-refractivity contribution in [3.63, 3.8) is 0 Å². The smallest absolute Gasteiger partial charge is 0.0467 e. The predicted octanol–water partition coefficient (Wildman–Crippen LogP) is 2.60. The van der Waals surface area contributed by atoms with Crippen LogP contribution in [-0.4, -0.2) is 26.8 Å². The van der Waals surface area contributed by atoms with Gasteiger partial charge >= 0.3 is 0 Å². The zero-order chi connectivity index (χ0) is 11.0. The molecular weight excluding hydrogens is 174 g/mol. The van der Waals surface area contributed by atoms with Crippen LogP contribution in [-0.2, 0) is 4.74 Å². The Labute approximate surface area is 88.7 Å². The second kappa shape index (κ2) is 7.02. The number of hydrogen-bond acceptors (Lipinski definition) is 2. The van der Waals surface area contributed by atoms with Crippen molar-refractivity contribution in [1.29, 1.82) is 0 Å². The van der Waals surface area contributed by atoms with Gasteiger partial charge < -0.3 is 10.1 Å². The van der Waals surface area contributed by atoms with E-state index in [1.54, 1.807) is 7.11 Å². The van der Waals surface area contributed by atoms with Gasteiger partial charge in [0.25, 0.3) is 0 Å². The Morgan fingerprint density at radius 2 is 2.07 bits per heavy atom. The molecule has 0 saturated carbocycles. The topological polar surface area (TPSA) is 21.3 Å². The average Bonchev–Trinajstić information content (AvgIpc) is 2.09. The lowest BCUT2D eigenvalue weighted by Gasteiger charge is -2.24. The second-order valence-electron chi connectivity index (χ2n) is 4.79. The standard InChI is InChI=1S/C12H25NO/c1-11(2)6-8-13-10-12(3,4)7-9-14-5/h13H,1,6-10H2,2-5H3. The average molecular weight is 199 g/mol. The minimum absolute atomic E-state index is 0.324. The first-order chi connectivity index (χ1) is 6.48. The summed E-state index contributed by atoms with van der Waals surface area (Å²) in [5.41, 5.74) is 1.57. The van der Waals surface area contributed by atoms with Crippen LogP contribution in [0.25, 0.3) is 0 Å². The van der Waals surface area contributed by atoms with E-state index in [9.17, 15) is 0 Å². The molecule has 0 aliphatic rings. The Balaban J connectivity index is 3.49. The van der Waals surface area contributed by atoms with Crippen molar-refractivity contribution in [3.05, 3.63) is 12.2 Å². The molecular formula is C12H25NO. The molecule has 0 atom stereocenters. The first-order valence-corrected chi connectivity index (χ1v) is 5.32. The van der Waals surface area contributed by atoms with E-state index in [-0.39, 0.29) is 0 Å². The maximum Gasteiger partial charge on any atom is 0.0467 e. The molecule has 0 amide bonds. The third-order valence-corrected chi connectivity index (χ3v) is 2.32. The van der Waals surface area contributed by atoms with Crippen molar-refractivity contribution in [2.75, 3.05) is 26.8 Å². The molecule has 0 unspecified atom stereocenters. The fourth-order valence-electron chi connectivity index (χ4n) is 1.20. The van der Waals surface area contributed by atoms with Gasteiger partial charge in [-0.1, -0.05) is 19.4 Å². The van der Waals surface area contributed by atoms with E-state index in [2.05, 4.69) is 32.7 Å². The minimum Gasteiger partial charge on any atom is -0.385 e. The minimum atomic E-state index is 0.324. The SMILES string of the molecule is C=C(C)CCNCC(C)(C)CCOC. The molecule has 0 aromatic carbocycles.